The van der Waals surface area contributed by atoms with Crippen molar-refractivity contribution in [1.29, 1.82) is 0 Å². The zero-order valence-corrected chi connectivity index (χ0v) is 14.4. The van der Waals surface area contributed by atoms with Gasteiger partial charge in [-0.25, -0.2) is 0 Å². The highest BCUT2D eigenvalue weighted by Gasteiger charge is 2.10. The molecule has 2 aromatic rings. The Hall–Kier alpha value is -2.60. The average molecular weight is 351 g/mol. The molecule has 0 aliphatic heterocycles. The topological polar surface area (TPSA) is 68.8 Å². The molecule has 0 heterocycles. The van der Waals surface area contributed by atoms with E-state index < -0.39 is 0 Å². The summed E-state index contributed by atoms with van der Waals surface area (Å²) in [6, 6.07) is 10.3. The first kappa shape index (κ1) is 17.7. The lowest BCUT2D eigenvalue weighted by Gasteiger charge is -2.13. The number of halogens is 1. The second-order valence-corrected chi connectivity index (χ2v) is 5.25. The van der Waals surface area contributed by atoms with Gasteiger partial charge in [0.15, 0.2) is 0 Å². The highest BCUT2D eigenvalue weighted by Crippen LogP contribution is 2.29. The van der Waals surface area contributed by atoms with Gasteiger partial charge < -0.3 is 24.8 Å². The molecule has 128 valence electrons. The third-order valence-corrected chi connectivity index (χ3v) is 3.52. The van der Waals surface area contributed by atoms with Gasteiger partial charge in [0.25, 0.3) is 0 Å². The first-order valence-corrected chi connectivity index (χ1v) is 7.54. The van der Waals surface area contributed by atoms with Crippen molar-refractivity contribution in [2.75, 3.05) is 38.5 Å². The molecule has 0 fully saturated rings. The van der Waals surface area contributed by atoms with E-state index in [0.29, 0.717) is 33.6 Å². The van der Waals surface area contributed by atoms with E-state index in [9.17, 15) is 4.79 Å². The number of rotatable bonds is 7. The lowest BCUT2D eigenvalue weighted by molar-refractivity contribution is -0.114. The van der Waals surface area contributed by atoms with E-state index >= 15 is 0 Å². The summed E-state index contributed by atoms with van der Waals surface area (Å²) in [5, 5.41) is 6.33. The van der Waals surface area contributed by atoms with Crippen LogP contribution in [0, 0.1) is 0 Å². The van der Waals surface area contributed by atoms with Crippen LogP contribution in [0.5, 0.6) is 17.2 Å². The maximum absolute atomic E-state index is 12.2. The number of methoxy groups -OCH3 is 3. The van der Waals surface area contributed by atoms with Crippen LogP contribution in [0.1, 0.15) is 0 Å². The molecular weight excluding hydrogens is 332 g/mol. The largest absolute Gasteiger partial charge is 0.497 e. The summed E-state index contributed by atoms with van der Waals surface area (Å²) in [4.78, 5) is 12.2. The monoisotopic (exact) mass is 350 g/mol. The van der Waals surface area contributed by atoms with E-state index in [4.69, 9.17) is 25.8 Å². The molecule has 0 radical (unpaired) electrons. The van der Waals surface area contributed by atoms with Gasteiger partial charge in [-0.1, -0.05) is 11.6 Å². The summed E-state index contributed by atoms with van der Waals surface area (Å²) in [5.41, 5.74) is 1.20. The third kappa shape index (κ3) is 4.45. The highest BCUT2D eigenvalue weighted by atomic mass is 35.5. The molecule has 2 N–H and O–H groups in total. The van der Waals surface area contributed by atoms with Crippen LogP contribution in [0.4, 0.5) is 11.4 Å². The van der Waals surface area contributed by atoms with Crippen molar-refractivity contribution in [1.82, 2.24) is 0 Å². The lowest BCUT2D eigenvalue weighted by atomic mass is 10.2. The molecule has 0 spiro atoms. The van der Waals surface area contributed by atoms with Gasteiger partial charge in [-0.3, -0.25) is 4.79 Å². The summed E-state index contributed by atoms with van der Waals surface area (Å²) in [5.74, 6) is 1.53. The minimum Gasteiger partial charge on any atom is -0.497 e. The second-order valence-electron chi connectivity index (χ2n) is 4.81. The fraction of sp³-hybridized carbons (Fsp3) is 0.235. The molecule has 24 heavy (non-hydrogen) atoms. The van der Waals surface area contributed by atoms with Crippen molar-refractivity contribution >= 4 is 28.9 Å². The van der Waals surface area contributed by atoms with Crippen LogP contribution >= 0.6 is 11.6 Å². The standard InChI is InChI=1S/C17H19ClN2O4/c1-22-12-5-6-13(16(9-12)24-3)20-17(21)10-19-14-8-11(18)4-7-15(14)23-2/h4-9,19H,10H2,1-3H3,(H,20,21). The van der Waals surface area contributed by atoms with Crippen molar-refractivity contribution in [3.8, 4) is 17.2 Å². The van der Waals surface area contributed by atoms with Gasteiger partial charge in [-0.05, 0) is 30.3 Å². The number of hydrogen-bond donors (Lipinski definition) is 2. The van der Waals surface area contributed by atoms with E-state index in [1.165, 1.54) is 7.11 Å². The lowest BCUT2D eigenvalue weighted by Crippen LogP contribution is -2.22. The summed E-state index contributed by atoms with van der Waals surface area (Å²) in [6.45, 7) is 0.0475. The maximum Gasteiger partial charge on any atom is 0.243 e. The Morgan fingerprint density at radius 1 is 0.958 bits per heavy atom. The van der Waals surface area contributed by atoms with Crippen LogP contribution in [-0.4, -0.2) is 33.8 Å². The van der Waals surface area contributed by atoms with Crippen molar-refractivity contribution in [3.05, 3.63) is 41.4 Å². The molecule has 2 rings (SSSR count). The molecule has 0 aromatic heterocycles. The van der Waals surface area contributed by atoms with Crippen molar-refractivity contribution in [2.24, 2.45) is 0 Å². The molecule has 7 heteroatoms. The fourth-order valence-corrected chi connectivity index (χ4v) is 2.26. The van der Waals surface area contributed by atoms with E-state index in [-0.39, 0.29) is 12.5 Å². The predicted octanol–water partition coefficient (Wildman–Crippen LogP) is 3.42. The molecule has 0 bridgehead atoms. The molecular formula is C17H19ClN2O4. The van der Waals surface area contributed by atoms with Crippen LogP contribution in [0.2, 0.25) is 5.02 Å². The average Bonchev–Trinajstić information content (AvgIpc) is 2.60. The van der Waals surface area contributed by atoms with E-state index in [1.54, 1.807) is 50.6 Å². The summed E-state index contributed by atoms with van der Waals surface area (Å²) >= 11 is 5.96. The first-order chi connectivity index (χ1) is 11.6. The molecule has 0 saturated heterocycles. The Morgan fingerprint density at radius 3 is 2.38 bits per heavy atom. The minimum atomic E-state index is -0.236. The molecule has 0 aliphatic rings. The normalized spacial score (nSPS) is 10.0. The van der Waals surface area contributed by atoms with Crippen LogP contribution < -0.4 is 24.8 Å². The number of amides is 1. The number of benzene rings is 2. The van der Waals surface area contributed by atoms with E-state index in [0.717, 1.165) is 0 Å². The van der Waals surface area contributed by atoms with Gasteiger partial charge in [0, 0.05) is 11.1 Å². The predicted molar refractivity (Wildman–Crippen MR) is 94.7 cm³/mol. The second kappa shape index (κ2) is 8.31. The van der Waals surface area contributed by atoms with Crippen LogP contribution in [0.25, 0.3) is 0 Å². The van der Waals surface area contributed by atoms with E-state index in [1.807, 2.05) is 0 Å². The molecule has 0 unspecified atom stereocenters. The zero-order chi connectivity index (χ0) is 17.5. The van der Waals surface area contributed by atoms with Crippen molar-refractivity contribution in [3.63, 3.8) is 0 Å². The number of carbonyl (C=O) groups excluding carboxylic acids is 1. The number of carbonyl (C=O) groups is 1. The first-order valence-electron chi connectivity index (χ1n) is 7.16. The molecule has 6 nitrogen and oxygen atoms in total. The SMILES string of the molecule is COc1ccc(NC(=O)CNc2cc(Cl)ccc2OC)c(OC)c1. The van der Waals surface area contributed by atoms with Crippen LogP contribution in [0.3, 0.4) is 0 Å². The number of ether oxygens (including phenoxy) is 3. The molecule has 2 aromatic carbocycles. The van der Waals surface area contributed by atoms with Crippen LogP contribution in [-0.2, 0) is 4.79 Å². The van der Waals surface area contributed by atoms with Gasteiger partial charge in [-0.15, -0.1) is 0 Å². The Balaban J connectivity index is 2.03. The van der Waals surface area contributed by atoms with Gasteiger partial charge >= 0.3 is 0 Å². The quantitative estimate of drug-likeness (QED) is 0.800. The third-order valence-electron chi connectivity index (χ3n) is 3.28. The summed E-state index contributed by atoms with van der Waals surface area (Å²) in [6.07, 6.45) is 0. The number of anilines is 2. The number of hydrogen-bond acceptors (Lipinski definition) is 5. The van der Waals surface area contributed by atoms with Gasteiger partial charge in [0.1, 0.15) is 17.2 Å². The summed E-state index contributed by atoms with van der Waals surface area (Å²) < 4.78 is 15.6. The zero-order valence-electron chi connectivity index (χ0n) is 13.7. The van der Waals surface area contributed by atoms with E-state index in [2.05, 4.69) is 10.6 Å². The van der Waals surface area contributed by atoms with Crippen molar-refractivity contribution < 1.29 is 19.0 Å². The molecule has 0 aliphatic carbocycles. The highest BCUT2D eigenvalue weighted by molar-refractivity contribution is 6.30. The fourth-order valence-electron chi connectivity index (χ4n) is 2.09. The Morgan fingerprint density at radius 2 is 1.71 bits per heavy atom. The Kier molecular flexibility index (Phi) is 6.14. The van der Waals surface area contributed by atoms with Gasteiger partial charge in [-0.2, -0.15) is 0 Å². The molecule has 1 amide bonds. The van der Waals surface area contributed by atoms with Gasteiger partial charge in [0.2, 0.25) is 5.91 Å². The molecule has 0 atom stereocenters. The van der Waals surface area contributed by atoms with Crippen LogP contribution in [0.15, 0.2) is 36.4 Å². The maximum atomic E-state index is 12.2. The van der Waals surface area contributed by atoms with Gasteiger partial charge in [0.05, 0.1) is 39.2 Å². The minimum absolute atomic E-state index is 0.0475. The van der Waals surface area contributed by atoms with Crippen molar-refractivity contribution in [2.45, 2.75) is 0 Å². The summed E-state index contributed by atoms with van der Waals surface area (Å²) in [7, 11) is 4.64. The Bertz CT molecular complexity index is 722. The number of nitrogens with one attached hydrogen (secondary N) is 2. The molecule has 0 saturated carbocycles. The Labute approximate surface area is 145 Å². The smallest absolute Gasteiger partial charge is 0.243 e.